The molecule has 7 rings (SSSR count). The first-order valence-electron chi connectivity index (χ1n) is 15.0. The third-order valence-corrected chi connectivity index (χ3v) is 9.06. The van der Waals surface area contributed by atoms with Crippen molar-refractivity contribution in [2.75, 3.05) is 43.5 Å². The highest BCUT2D eigenvalue weighted by atomic mass is 19.1. The van der Waals surface area contributed by atoms with Crippen LogP contribution in [0.1, 0.15) is 54.3 Å². The van der Waals surface area contributed by atoms with Crippen molar-refractivity contribution >= 4 is 17.3 Å². The number of piperidine rings is 1. The maximum atomic E-state index is 15.5. The smallest absolute Gasteiger partial charge is 0.227 e. The van der Waals surface area contributed by atoms with E-state index in [0.29, 0.717) is 30.1 Å². The average Bonchev–Trinajstić information content (AvgIpc) is 3.02. The zero-order valence-electron chi connectivity index (χ0n) is 24.1. The number of nitrogens with zero attached hydrogens (tertiary/aromatic N) is 4. The molecule has 1 N–H and O–H groups in total. The molecule has 1 atom stereocenters. The van der Waals surface area contributed by atoms with Gasteiger partial charge >= 0.3 is 0 Å². The van der Waals surface area contributed by atoms with Crippen LogP contribution in [-0.4, -0.2) is 48.2 Å². The highest BCUT2D eigenvalue weighted by Gasteiger charge is 2.32. The fourth-order valence-electron chi connectivity index (χ4n) is 6.83. The molecule has 2 aliphatic heterocycles. The summed E-state index contributed by atoms with van der Waals surface area (Å²) in [4.78, 5) is 12.9. The summed E-state index contributed by atoms with van der Waals surface area (Å²) in [6, 6.07) is 16.5. The molecule has 0 radical (unpaired) electrons. The number of ether oxygens (including phenoxy) is 1. The Morgan fingerprint density at radius 2 is 1.72 bits per heavy atom. The lowest BCUT2D eigenvalue weighted by atomic mass is 9.86. The van der Waals surface area contributed by atoms with Crippen LogP contribution in [-0.2, 0) is 6.42 Å². The number of aromatic nitrogens is 2. The van der Waals surface area contributed by atoms with Crippen LogP contribution in [0.2, 0.25) is 0 Å². The zero-order valence-corrected chi connectivity index (χ0v) is 24.1. The van der Waals surface area contributed by atoms with Crippen LogP contribution < -0.4 is 15.0 Å². The topological polar surface area (TPSA) is 53.5 Å². The molecule has 0 spiro atoms. The normalized spacial score (nSPS) is 19.0. The molecule has 1 aromatic heterocycles. The van der Waals surface area contributed by atoms with Crippen LogP contribution in [0.5, 0.6) is 5.75 Å². The van der Waals surface area contributed by atoms with Crippen molar-refractivity contribution in [2.24, 2.45) is 0 Å². The molecular formula is C34H34F3N5O. The van der Waals surface area contributed by atoms with Gasteiger partial charge in [-0.05, 0) is 99.1 Å². The Hall–Kier alpha value is -4.11. The highest BCUT2D eigenvalue weighted by Crippen LogP contribution is 2.45. The van der Waals surface area contributed by atoms with E-state index in [2.05, 4.69) is 44.3 Å². The van der Waals surface area contributed by atoms with Gasteiger partial charge in [0.1, 0.15) is 18.1 Å². The van der Waals surface area contributed by atoms with Gasteiger partial charge in [-0.15, -0.1) is 0 Å². The molecule has 0 saturated carbocycles. The molecule has 3 heterocycles. The number of hydrogen-bond acceptors (Lipinski definition) is 6. The third kappa shape index (κ3) is 5.42. The van der Waals surface area contributed by atoms with Crippen molar-refractivity contribution in [3.05, 3.63) is 94.9 Å². The lowest BCUT2D eigenvalue weighted by Gasteiger charge is -2.40. The zero-order chi connectivity index (χ0) is 29.5. The van der Waals surface area contributed by atoms with E-state index in [1.54, 1.807) is 18.2 Å². The second kappa shape index (κ2) is 11.5. The van der Waals surface area contributed by atoms with E-state index in [-0.39, 0.29) is 40.7 Å². The molecule has 1 fully saturated rings. The molecule has 6 nitrogen and oxygen atoms in total. The minimum absolute atomic E-state index is 0.0443. The van der Waals surface area contributed by atoms with Gasteiger partial charge < -0.3 is 19.9 Å². The van der Waals surface area contributed by atoms with Crippen LogP contribution in [0.4, 0.5) is 30.5 Å². The number of hydrogen-bond donors (Lipinski definition) is 1. The van der Waals surface area contributed by atoms with Crippen molar-refractivity contribution in [2.45, 2.75) is 44.1 Å². The second-order valence-electron chi connectivity index (χ2n) is 11.8. The Balaban J connectivity index is 1.18. The van der Waals surface area contributed by atoms with E-state index in [9.17, 15) is 0 Å². The van der Waals surface area contributed by atoms with Crippen LogP contribution >= 0.6 is 0 Å². The van der Waals surface area contributed by atoms with Gasteiger partial charge in [0.2, 0.25) is 5.95 Å². The maximum Gasteiger partial charge on any atom is 0.227 e. The number of nitrogens with one attached hydrogen (secondary N) is 1. The Kier molecular flexibility index (Phi) is 7.43. The predicted octanol–water partition coefficient (Wildman–Crippen LogP) is 7.39. The molecule has 1 saturated heterocycles. The number of benzene rings is 3. The molecule has 4 aromatic rings. The molecule has 3 aromatic carbocycles. The van der Waals surface area contributed by atoms with Crippen molar-refractivity contribution in [3.63, 3.8) is 0 Å². The summed E-state index contributed by atoms with van der Waals surface area (Å²) in [6.07, 6.45) is 5.87. The van der Waals surface area contributed by atoms with Gasteiger partial charge in [0.15, 0.2) is 17.4 Å². The van der Waals surface area contributed by atoms with Crippen LogP contribution in [0.25, 0.3) is 11.3 Å². The molecule has 43 heavy (non-hydrogen) atoms. The summed E-state index contributed by atoms with van der Waals surface area (Å²) in [6.45, 7) is 2.84. The van der Waals surface area contributed by atoms with Crippen LogP contribution in [0.3, 0.4) is 0 Å². The molecule has 9 heteroatoms. The Labute approximate surface area is 249 Å². The molecule has 0 amide bonds. The minimum atomic E-state index is -0.681. The van der Waals surface area contributed by atoms with Gasteiger partial charge in [-0.1, -0.05) is 30.3 Å². The molecular weight excluding hydrogens is 551 g/mol. The largest absolute Gasteiger partial charge is 0.486 e. The van der Waals surface area contributed by atoms with E-state index in [0.717, 1.165) is 51.4 Å². The summed E-state index contributed by atoms with van der Waals surface area (Å²) < 4.78 is 51.6. The monoisotopic (exact) mass is 585 g/mol. The maximum absolute atomic E-state index is 15.5. The van der Waals surface area contributed by atoms with Gasteiger partial charge in [0.25, 0.3) is 0 Å². The lowest BCUT2D eigenvalue weighted by molar-refractivity contribution is 0.253. The van der Waals surface area contributed by atoms with E-state index in [4.69, 9.17) is 4.74 Å². The lowest BCUT2D eigenvalue weighted by Crippen LogP contribution is -2.38. The summed E-state index contributed by atoms with van der Waals surface area (Å²) in [5, 5.41) is 3.00. The molecule has 1 aliphatic carbocycles. The Bertz CT molecular complexity index is 1660. The van der Waals surface area contributed by atoms with E-state index in [1.807, 2.05) is 12.1 Å². The first kappa shape index (κ1) is 27.7. The van der Waals surface area contributed by atoms with Crippen molar-refractivity contribution in [3.8, 4) is 17.0 Å². The number of fused-ring (bicyclic) bond motifs is 2. The summed E-state index contributed by atoms with van der Waals surface area (Å²) in [7, 11) is 2.08. The Morgan fingerprint density at radius 1 is 0.884 bits per heavy atom. The van der Waals surface area contributed by atoms with Gasteiger partial charge in [0, 0.05) is 11.3 Å². The van der Waals surface area contributed by atoms with E-state index >= 15 is 13.2 Å². The average molecular weight is 586 g/mol. The first-order valence-corrected chi connectivity index (χ1v) is 15.0. The van der Waals surface area contributed by atoms with E-state index < -0.39 is 11.6 Å². The summed E-state index contributed by atoms with van der Waals surface area (Å²) in [5.74, 6) is -1.09. The molecule has 3 aliphatic rings. The van der Waals surface area contributed by atoms with Gasteiger partial charge in [-0.3, -0.25) is 0 Å². The fraction of sp³-hybridized carbons (Fsp3) is 0.353. The van der Waals surface area contributed by atoms with Crippen LogP contribution in [0, 0.1) is 17.5 Å². The van der Waals surface area contributed by atoms with Crippen molar-refractivity contribution in [1.82, 2.24) is 14.9 Å². The molecule has 222 valence electrons. The minimum Gasteiger partial charge on any atom is -0.486 e. The first-order chi connectivity index (χ1) is 20.9. The predicted molar refractivity (Wildman–Crippen MR) is 162 cm³/mol. The molecule has 0 bridgehead atoms. The van der Waals surface area contributed by atoms with E-state index in [1.165, 1.54) is 23.3 Å². The van der Waals surface area contributed by atoms with Crippen LogP contribution in [0.15, 0.2) is 60.8 Å². The molecule has 1 unspecified atom stereocenters. The number of rotatable bonds is 5. The van der Waals surface area contributed by atoms with Gasteiger partial charge in [0.05, 0.1) is 24.5 Å². The number of likely N-dealkylation sites (tertiary alicyclic amines) is 1. The summed E-state index contributed by atoms with van der Waals surface area (Å²) in [5.41, 5.74) is 4.52. The standard InChI is InChI=1S/C34H34F3N5O/c1-41-13-11-22(12-14-41)25-10-9-24(19-27(25)35)39-34-38-20-29(37)32(40-34)23-17-28(36)33-31(18-23)42(15-16-43-33)30-8-4-6-21-5-2-3-7-26(21)30/h2-3,5,7,9-10,17-20,22,30H,4,6,8,11-16H2,1H3,(H,38,39,40). The fourth-order valence-corrected chi connectivity index (χ4v) is 6.83. The number of anilines is 3. The quantitative estimate of drug-likeness (QED) is 0.264. The Morgan fingerprint density at radius 3 is 2.56 bits per heavy atom. The van der Waals surface area contributed by atoms with Gasteiger partial charge in [-0.25, -0.2) is 23.1 Å². The summed E-state index contributed by atoms with van der Waals surface area (Å²) >= 11 is 0. The number of halogens is 3. The third-order valence-electron chi connectivity index (χ3n) is 9.06. The SMILES string of the molecule is CN1CCC(c2ccc(Nc3ncc(F)c(-c4cc(F)c5c(c4)N(C4CCCc6ccccc64)CCO5)n3)cc2F)CC1. The highest BCUT2D eigenvalue weighted by molar-refractivity contribution is 5.73. The van der Waals surface area contributed by atoms with Crippen molar-refractivity contribution < 1.29 is 17.9 Å². The van der Waals surface area contributed by atoms with Gasteiger partial charge in [-0.2, -0.15) is 0 Å². The van der Waals surface area contributed by atoms with Crippen molar-refractivity contribution in [1.29, 1.82) is 0 Å². The second-order valence-corrected chi connectivity index (χ2v) is 11.8. The number of aryl methyl sites for hydroxylation is 1.